The van der Waals surface area contributed by atoms with Crippen LogP contribution in [0.15, 0.2) is 0 Å². The maximum Gasteiger partial charge on any atom is 0.325 e. The van der Waals surface area contributed by atoms with Gasteiger partial charge in [0.1, 0.15) is 24.2 Å². The van der Waals surface area contributed by atoms with E-state index in [1.54, 1.807) is 25.6 Å². The number of hydrogen-bond acceptors (Lipinski definition) is 8. The zero-order valence-corrected chi connectivity index (χ0v) is 22.1. The minimum atomic E-state index is -1.41. The first-order valence-electron chi connectivity index (χ1n) is 11.5. The van der Waals surface area contributed by atoms with Crippen LogP contribution in [-0.2, 0) is 24.0 Å². The molecule has 0 rings (SSSR count). The number of aliphatic hydroxyl groups is 1. The van der Waals surface area contributed by atoms with Crippen LogP contribution in [0.2, 0.25) is 0 Å². The van der Waals surface area contributed by atoms with E-state index >= 15 is 0 Å². The summed E-state index contributed by atoms with van der Waals surface area (Å²) in [7, 11) is 0. The van der Waals surface area contributed by atoms with Crippen LogP contribution in [-0.4, -0.2) is 88.6 Å². The molecule has 0 fully saturated rings. The van der Waals surface area contributed by atoms with Gasteiger partial charge in [-0.25, -0.2) is 0 Å². The van der Waals surface area contributed by atoms with Gasteiger partial charge in [-0.05, 0) is 43.6 Å². The SMILES string of the molecule is CSCC[C@H](N)C(=O)N[C@H](C(=O)N[C@@H](CC(C)C)C(=O)N[C@@H](CO)C(=O)N[C@@H](C)C(=O)O)C(C)C. The fourth-order valence-electron chi connectivity index (χ4n) is 2.98. The van der Waals surface area contributed by atoms with E-state index in [1.807, 2.05) is 20.1 Å². The molecular weight excluding hydrogens is 478 g/mol. The summed E-state index contributed by atoms with van der Waals surface area (Å²) in [5.74, 6) is -3.57. The van der Waals surface area contributed by atoms with Crippen molar-refractivity contribution in [1.82, 2.24) is 21.3 Å². The molecule has 0 radical (unpaired) electrons. The Morgan fingerprint density at radius 3 is 1.83 bits per heavy atom. The fourth-order valence-corrected chi connectivity index (χ4v) is 3.47. The quantitative estimate of drug-likeness (QED) is 0.131. The minimum absolute atomic E-state index is 0.0217. The van der Waals surface area contributed by atoms with Crippen molar-refractivity contribution >= 4 is 41.4 Å². The Morgan fingerprint density at radius 1 is 0.829 bits per heavy atom. The van der Waals surface area contributed by atoms with E-state index < -0.39 is 66.4 Å². The van der Waals surface area contributed by atoms with Crippen LogP contribution >= 0.6 is 11.8 Å². The topological polar surface area (TPSA) is 200 Å². The molecule has 0 aromatic carbocycles. The third-order valence-electron chi connectivity index (χ3n) is 5.10. The van der Waals surface area contributed by atoms with Crippen LogP contribution in [0.5, 0.6) is 0 Å². The Morgan fingerprint density at radius 2 is 1.37 bits per heavy atom. The summed E-state index contributed by atoms with van der Waals surface area (Å²) in [6.07, 6.45) is 2.56. The van der Waals surface area contributed by atoms with Crippen LogP contribution in [0.1, 0.15) is 47.5 Å². The summed E-state index contributed by atoms with van der Waals surface area (Å²) < 4.78 is 0. The fraction of sp³-hybridized carbons (Fsp3) is 0.773. The summed E-state index contributed by atoms with van der Waals surface area (Å²) in [4.78, 5) is 61.6. The van der Waals surface area contributed by atoms with E-state index in [0.29, 0.717) is 12.2 Å². The number of carboxylic acid groups (broad SMARTS) is 1. The van der Waals surface area contributed by atoms with Gasteiger partial charge in [-0.2, -0.15) is 11.8 Å². The molecule has 12 nitrogen and oxygen atoms in total. The summed E-state index contributed by atoms with van der Waals surface area (Å²) in [6, 6.07) is -5.42. The molecule has 4 amide bonds. The van der Waals surface area contributed by atoms with Gasteiger partial charge in [-0.3, -0.25) is 24.0 Å². The van der Waals surface area contributed by atoms with Crippen molar-refractivity contribution in [2.45, 2.75) is 77.7 Å². The van der Waals surface area contributed by atoms with Crippen molar-refractivity contribution in [3.63, 3.8) is 0 Å². The molecule has 0 aliphatic carbocycles. The highest BCUT2D eigenvalue weighted by atomic mass is 32.2. The zero-order chi connectivity index (χ0) is 27.3. The number of thioether (sulfide) groups is 1. The number of aliphatic hydroxyl groups excluding tert-OH is 1. The van der Waals surface area contributed by atoms with Crippen LogP contribution < -0.4 is 27.0 Å². The van der Waals surface area contributed by atoms with Crippen LogP contribution in [0, 0.1) is 11.8 Å². The molecule has 0 unspecified atom stereocenters. The van der Waals surface area contributed by atoms with E-state index in [4.69, 9.17) is 10.8 Å². The molecule has 13 heteroatoms. The lowest BCUT2D eigenvalue weighted by molar-refractivity contribution is -0.142. The van der Waals surface area contributed by atoms with Crippen molar-refractivity contribution in [2.24, 2.45) is 17.6 Å². The molecule has 0 aliphatic rings. The number of amides is 4. The highest BCUT2D eigenvalue weighted by Gasteiger charge is 2.32. The second kappa shape index (κ2) is 16.3. The second-order valence-electron chi connectivity index (χ2n) is 9.12. The molecular formula is C22H41N5O7S. The van der Waals surface area contributed by atoms with Crippen LogP contribution in [0.4, 0.5) is 0 Å². The summed E-state index contributed by atoms with van der Waals surface area (Å²) in [6.45, 7) is 7.63. The first-order valence-corrected chi connectivity index (χ1v) is 12.9. The zero-order valence-electron chi connectivity index (χ0n) is 21.3. The van der Waals surface area contributed by atoms with Crippen molar-refractivity contribution < 1.29 is 34.2 Å². The molecule has 202 valence electrons. The average Bonchev–Trinajstić information content (AvgIpc) is 2.77. The molecule has 35 heavy (non-hydrogen) atoms. The summed E-state index contributed by atoms with van der Waals surface area (Å²) >= 11 is 1.55. The van der Waals surface area contributed by atoms with Gasteiger partial charge in [0.05, 0.1) is 12.6 Å². The van der Waals surface area contributed by atoms with E-state index in [1.165, 1.54) is 6.92 Å². The lowest BCUT2D eigenvalue weighted by Gasteiger charge is -2.28. The first-order chi connectivity index (χ1) is 16.2. The number of carbonyl (C=O) groups is 5. The molecule has 0 heterocycles. The van der Waals surface area contributed by atoms with Crippen molar-refractivity contribution in [3.05, 3.63) is 0 Å². The van der Waals surface area contributed by atoms with Crippen molar-refractivity contribution in [1.29, 1.82) is 0 Å². The maximum atomic E-state index is 13.0. The van der Waals surface area contributed by atoms with Gasteiger partial charge in [0.15, 0.2) is 0 Å². The highest BCUT2D eigenvalue weighted by molar-refractivity contribution is 7.98. The van der Waals surface area contributed by atoms with Gasteiger partial charge in [0, 0.05) is 0 Å². The Bertz CT molecular complexity index is 735. The van der Waals surface area contributed by atoms with Gasteiger partial charge in [0.2, 0.25) is 23.6 Å². The molecule has 0 saturated carbocycles. The minimum Gasteiger partial charge on any atom is -0.480 e. The normalized spacial score (nSPS) is 15.5. The van der Waals surface area contributed by atoms with Gasteiger partial charge in [-0.15, -0.1) is 0 Å². The van der Waals surface area contributed by atoms with Crippen LogP contribution in [0.3, 0.4) is 0 Å². The lowest BCUT2D eigenvalue weighted by atomic mass is 9.99. The molecule has 0 aliphatic heterocycles. The van der Waals surface area contributed by atoms with E-state index in [9.17, 15) is 29.1 Å². The van der Waals surface area contributed by atoms with E-state index in [2.05, 4.69) is 21.3 Å². The molecule has 0 aromatic rings. The summed E-state index contributed by atoms with van der Waals surface area (Å²) in [5.41, 5.74) is 5.90. The number of rotatable bonds is 16. The average molecular weight is 520 g/mol. The molecule has 0 saturated heterocycles. The lowest BCUT2D eigenvalue weighted by Crippen LogP contribution is -2.60. The van der Waals surface area contributed by atoms with E-state index in [0.717, 1.165) is 0 Å². The first kappa shape index (κ1) is 32.6. The number of aliphatic carboxylic acids is 1. The number of carbonyl (C=O) groups excluding carboxylic acids is 4. The molecule has 0 bridgehead atoms. The number of nitrogens with two attached hydrogens (primary N) is 1. The predicted octanol–water partition coefficient (Wildman–Crippen LogP) is -1.20. The second-order valence-corrected chi connectivity index (χ2v) is 10.1. The third-order valence-corrected chi connectivity index (χ3v) is 5.75. The largest absolute Gasteiger partial charge is 0.480 e. The van der Waals surface area contributed by atoms with Crippen LogP contribution in [0.25, 0.3) is 0 Å². The maximum absolute atomic E-state index is 13.0. The van der Waals surface area contributed by atoms with Crippen molar-refractivity contribution in [3.8, 4) is 0 Å². The van der Waals surface area contributed by atoms with Gasteiger partial charge in [0.25, 0.3) is 0 Å². The number of carboxylic acids is 1. The van der Waals surface area contributed by atoms with Gasteiger partial charge < -0.3 is 37.2 Å². The van der Waals surface area contributed by atoms with Crippen molar-refractivity contribution in [2.75, 3.05) is 18.6 Å². The predicted molar refractivity (Wildman–Crippen MR) is 133 cm³/mol. The monoisotopic (exact) mass is 519 g/mol. The summed E-state index contributed by atoms with van der Waals surface area (Å²) in [5, 5.41) is 28.3. The Kier molecular flexibility index (Phi) is 15.2. The Labute approximate surface area is 210 Å². The molecule has 5 atom stereocenters. The molecule has 0 aromatic heterocycles. The van der Waals surface area contributed by atoms with E-state index in [-0.39, 0.29) is 18.3 Å². The Balaban J connectivity index is 5.44. The number of hydrogen-bond donors (Lipinski definition) is 7. The Hall–Kier alpha value is -2.38. The molecule has 8 N–H and O–H groups in total. The smallest absolute Gasteiger partial charge is 0.325 e. The van der Waals surface area contributed by atoms with Gasteiger partial charge in [-0.1, -0.05) is 27.7 Å². The highest BCUT2D eigenvalue weighted by Crippen LogP contribution is 2.09. The number of nitrogens with one attached hydrogen (secondary N) is 4. The molecule has 0 spiro atoms. The third kappa shape index (κ3) is 12.2. The van der Waals surface area contributed by atoms with Gasteiger partial charge >= 0.3 is 5.97 Å². The standard InChI is InChI=1S/C22H41N5O7S/c1-11(2)9-15(19(30)26-16(10-28)20(31)24-13(5)22(33)34)25-21(32)17(12(3)4)27-18(29)14(23)7-8-35-6/h11-17,28H,7-10,23H2,1-6H3,(H,24,31)(H,25,32)(H,26,30)(H,27,29)(H,33,34)/t13-,14-,15-,16-,17-/m0/s1.